The molecular formula is C21H32N2O3S. The van der Waals surface area contributed by atoms with Crippen LogP contribution in [-0.4, -0.2) is 37.8 Å². The maximum atomic E-state index is 13.4. The Hall–Kier alpha value is -1.40. The molecule has 1 aliphatic carbocycles. The third kappa shape index (κ3) is 4.21. The van der Waals surface area contributed by atoms with E-state index in [-0.39, 0.29) is 27.7 Å². The van der Waals surface area contributed by atoms with Gasteiger partial charge in [0.15, 0.2) is 0 Å². The SMILES string of the molecule is CCCCNC(=O)c1cccc(S(=O)(=O)N2C[C@]3(C)C[C@@H]2CC(C)(C)C3)c1. The fourth-order valence-corrected chi connectivity index (χ4v) is 6.92. The van der Waals surface area contributed by atoms with E-state index < -0.39 is 10.0 Å². The van der Waals surface area contributed by atoms with Crippen LogP contribution in [0, 0.1) is 10.8 Å². The van der Waals surface area contributed by atoms with E-state index in [0.29, 0.717) is 18.7 Å². The second-order valence-corrected chi connectivity index (χ2v) is 11.3. The Kier molecular flexibility index (Phi) is 5.43. The fourth-order valence-electron chi connectivity index (χ4n) is 5.10. The maximum Gasteiger partial charge on any atom is 0.251 e. The summed E-state index contributed by atoms with van der Waals surface area (Å²) in [7, 11) is -3.61. The number of sulfonamides is 1. The van der Waals surface area contributed by atoms with E-state index in [1.165, 1.54) is 6.07 Å². The van der Waals surface area contributed by atoms with Crippen molar-refractivity contribution in [2.24, 2.45) is 10.8 Å². The number of nitrogens with one attached hydrogen (secondary N) is 1. The Balaban J connectivity index is 1.84. The molecule has 2 atom stereocenters. The Morgan fingerprint density at radius 3 is 2.70 bits per heavy atom. The van der Waals surface area contributed by atoms with Gasteiger partial charge in [-0.05, 0) is 54.7 Å². The number of hydrogen-bond donors (Lipinski definition) is 1. The van der Waals surface area contributed by atoms with Gasteiger partial charge in [0, 0.05) is 24.7 Å². The van der Waals surface area contributed by atoms with E-state index in [0.717, 1.165) is 32.1 Å². The van der Waals surface area contributed by atoms with Crippen LogP contribution < -0.4 is 5.32 Å². The molecule has 1 aromatic rings. The molecule has 2 fully saturated rings. The molecule has 2 aliphatic rings. The van der Waals surface area contributed by atoms with E-state index in [9.17, 15) is 13.2 Å². The van der Waals surface area contributed by atoms with Crippen LogP contribution in [0.25, 0.3) is 0 Å². The van der Waals surface area contributed by atoms with Gasteiger partial charge in [0.2, 0.25) is 10.0 Å². The van der Waals surface area contributed by atoms with Gasteiger partial charge in [-0.1, -0.05) is 40.2 Å². The topological polar surface area (TPSA) is 66.5 Å². The average Bonchev–Trinajstić information content (AvgIpc) is 2.84. The molecule has 0 spiro atoms. The van der Waals surface area contributed by atoms with E-state index >= 15 is 0 Å². The number of nitrogens with zero attached hydrogens (tertiary/aromatic N) is 1. The molecule has 27 heavy (non-hydrogen) atoms. The summed E-state index contributed by atoms with van der Waals surface area (Å²) in [5, 5.41) is 2.85. The van der Waals surface area contributed by atoms with Gasteiger partial charge in [-0.3, -0.25) is 4.79 Å². The van der Waals surface area contributed by atoms with Crippen LogP contribution in [0.2, 0.25) is 0 Å². The zero-order valence-corrected chi connectivity index (χ0v) is 17.7. The largest absolute Gasteiger partial charge is 0.352 e. The van der Waals surface area contributed by atoms with Crippen LogP contribution in [0.1, 0.15) is 70.2 Å². The molecule has 1 saturated carbocycles. The summed E-state index contributed by atoms with van der Waals surface area (Å²) in [6.07, 6.45) is 4.77. The number of benzene rings is 1. The summed E-state index contributed by atoms with van der Waals surface area (Å²) in [5.41, 5.74) is 0.596. The van der Waals surface area contributed by atoms with Gasteiger partial charge in [-0.2, -0.15) is 4.31 Å². The molecule has 3 rings (SSSR count). The fraction of sp³-hybridized carbons (Fsp3) is 0.667. The molecule has 2 bridgehead atoms. The minimum Gasteiger partial charge on any atom is -0.352 e. The molecule has 0 unspecified atom stereocenters. The first-order valence-corrected chi connectivity index (χ1v) is 11.4. The van der Waals surface area contributed by atoms with Crippen LogP contribution in [0.5, 0.6) is 0 Å². The quantitative estimate of drug-likeness (QED) is 0.749. The van der Waals surface area contributed by atoms with Gasteiger partial charge in [0.1, 0.15) is 0 Å². The van der Waals surface area contributed by atoms with E-state index in [1.54, 1.807) is 22.5 Å². The Labute approximate surface area is 163 Å². The molecule has 1 amide bonds. The standard InChI is InChI=1S/C21H32N2O3S/c1-5-6-10-22-19(24)16-8-7-9-18(11-16)27(25,26)23-15-21(4)13-17(23)12-20(2,3)14-21/h7-9,11,17H,5-6,10,12-15H2,1-4H3,(H,22,24)/t17-,21+/m0/s1. The minimum absolute atomic E-state index is 0.0363. The summed E-state index contributed by atoms with van der Waals surface area (Å²) < 4.78 is 28.4. The first-order valence-electron chi connectivity index (χ1n) is 9.96. The van der Waals surface area contributed by atoms with Crippen LogP contribution in [0.15, 0.2) is 29.2 Å². The van der Waals surface area contributed by atoms with Crippen molar-refractivity contribution in [2.45, 2.75) is 70.7 Å². The van der Waals surface area contributed by atoms with Crippen molar-refractivity contribution in [3.63, 3.8) is 0 Å². The van der Waals surface area contributed by atoms with Gasteiger partial charge >= 0.3 is 0 Å². The van der Waals surface area contributed by atoms with Gasteiger partial charge in [-0.25, -0.2) is 8.42 Å². The molecule has 150 valence electrons. The van der Waals surface area contributed by atoms with Crippen molar-refractivity contribution >= 4 is 15.9 Å². The third-order valence-corrected chi connectivity index (χ3v) is 7.78. The van der Waals surface area contributed by atoms with Gasteiger partial charge in [0.05, 0.1) is 4.90 Å². The number of carbonyl (C=O) groups excluding carboxylic acids is 1. The molecule has 5 nitrogen and oxygen atoms in total. The molecule has 6 heteroatoms. The highest BCUT2D eigenvalue weighted by Gasteiger charge is 2.53. The summed E-state index contributed by atoms with van der Waals surface area (Å²) in [5.74, 6) is -0.214. The smallest absolute Gasteiger partial charge is 0.251 e. The molecule has 0 radical (unpaired) electrons. The van der Waals surface area contributed by atoms with Gasteiger partial charge < -0.3 is 5.32 Å². The Morgan fingerprint density at radius 2 is 2.00 bits per heavy atom. The first-order chi connectivity index (χ1) is 12.6. The van der Waals surface area contributed by atoms with Crippen LogP contribution in [-0.2, 0) is 10.0 Å². The molecule has 1 saturated heterocycles. The number of hydrogen-bond acceptors (Lipinski definition) is 3. The van der Waals surface area contributed by atoms with Crippen molar-refractivity contribution in [2.75, 3.05) is 13.1 Å². The Morgan fingerprint density at radius 1 is 1.26 bits per heavy atom. The average molecular weight is 393 g/mol. The van der Waals surface area contributed by atoms with E-state index in [4.69, 9.17) is 0 Å². The highest BCUT2D eigenvalue weighted by molar-refractivity contribution is 7.89. The van der Waals surface area contributed by atoms with Crippen molar-refractivity contribution in [3.05, 3.63) is 29.8 Å². The zero-order chi connectivity index (χ0) is 19.9. The molecule has 1 N–H and O–H groups in total. The molecule has 0 aromatic heterocycles. The van der Waals surface area contributed by atoms with Crippen LogP contribution in [0.3, 0.4) is 0 Å². The number of unbranched alkanes of at least 4 members (excludes halogenated alkanes) is 1. The lowest BCUT2D eigenvalue weighted by Crippen LogP contribution is -2.37. The monoisotopic (exact) mass is 392 g/mol. The third-order valence-electron chi connectivity index (χ3n) is 5.89. The highest BCUT2D eigenvalue weighted by atomic mass is 32.2. The summed E-state index contributed by atoms with van der Waals surface area (Å²) in [6, 6.07) is 6.51. The predicted molar refractivity (Wildman–Crippen MR) is 107 cm³/mol. The number of rotatable bonds is 6. The lowest BCUT2D eigenvalue weighted by Gasteiger charge is -2.39. The summed E-state index contributed by atoms with van der Waals surface area (Å²) in [4.78, 5) is 12.5. The van der Waals surface area contributed by atoms with Crippen LogP contribution in [0.4, 0.5) is 0 Å². The first kappa shape index (κ1) is 20.3. The maximum absolute atomic E-state index is 13.4. The van der Waals surface area contributed by atoms with Gasteiger partial charge in [-0.15, -0.1) is 0 Å². The summed E-state index contributed by atoms with van der Waals surface area (Å²) >= 11 is 0. The number of amides is 1. The minimum atomic E-state index is -3.61. The second-order valence-electron chi connectivity index (χ2n) is 9.40. The molecular weight excluding hydrogens is 360 g/mol. The zero-order valence-electron chi connectivity index (χ0n) is 16.9. The number of fused-ring (bicyclic) bond motifs is 2. The molecule has 1 heterocycles. The van der Waals surface area contributed by atoms with Gasteiger partial charge in [0.25, 0.3) is 5.91 Å². The normalized spacial score (nSPS) is 27.5. The second kappa shape index (κ2) is 7.21. The molecule has 1 aromatic carbocycles. The van der Waals surface area contributed by atoms with Crippen molar-refractivity contribution in [1.82, 2.24) is 9.62 Å². The van der Waals surface area contributed by atoms with Crippen molar-refractivity contribution in [1.29, 1.82) is 0 Å². The number of carbonyl (C=O) groups is 1. The van der Waals surface area contributed by atoms with E-state index in [1.807, 2.05) is 0 Å². The lowest BCUT2D eigenvalue weighted by atomic mass is 9.65. The highest BCUT2D eigenvalue weighted by Crippen LogP contribution is 2.53. The molecule has 1 aliphatic heterocycles. The lowest BCUT2D eigenvalue weighted by molar-refractivity contribution is 0.0953. The van der Waals surface area contributed by atoms with Crippen LogP contribution >= 0.6 is 0 Å². The predicted octanol–water partition coefficient (Wildman–Crippen LogP) is 3.81. The van der Waals surface area contributed by atoms with Crippen molar-refractivity contribution < 1.29 is 13.2 Å². The summed E-state index contributed by atoms with van der Waals surface area (Å²) in [6.45, 7) is 9.90. The van der Waals surface area contributed by atoms with Crippen molar-refractivity contribution in [3.8, 4) is 0 Å². The van der Waals surface area contributed by atoms with E-state index in [2.05, 4.69) is 33.0 Å². The Bertz CT molecular complexity index is 818.